The highest BCUT2D eigenvalue weighted by molar-refractivity contribution is 5.73. The number of carboxylic acids is 1. The Hall–Kier alpha value is -1.39. The highest BCUT2D eigenvalue weighted by Crippen LogP contribution is 2.76. The van der Waals surface area contributed by atoms with E-state index in [1.165, 1.54) is 12.5 Å². The predicted molar refractivity (Wildman–Crippen MR) is 225 cm³/mol. The van der Waals surface area contributed by atoms with Gasteiger partial charge in [0.2, 0.25) is 0 Å². The molecule has 5 aliphatic carbocycles. The molecule has 3 aliphatic heterocycles. The Bertz CT molecular complexity index is 1760. The fourth-order valence-electron chi connectivity index (χ4n) is 14.8. The summed E-state index contributed by atoms with van der Waals surface area (Å²) in [6, 6.07) is 0. The molecule has 0 aromatic carbocycles. The molecular formula is C47H76O17. The zero-order valence-corrected chi connectivity index (χ0v) is 38.7. The first-order chi connectivity index (χ1) is 29.8. The molecule has 8 aliphatic rings. The van der Waals surface area contributed by atoms with Crippen molar-refractivity contribution < 1.29 is 84.3 Å². The van der Waals surface area contributed by atoms with Crippen molar-refractivity contribution in [3.63, 3.8) is 0 Å². The molecule has 0 spiro atoms. The molecule has 10 N–H and O–H groups in total. The van der Waals surface area contributed by atoms with E-state index in [9.17, 15) is 55.9 Å². The number of hydrogen-bond acceptors (Lipinski definition) is 16. The quantitative estimate of drug-likeness (QED) is 0.122. The van der Waals surface area contributed by atoms with Crippen molar-refractivity contribution in [3.8, 4) is 0 Å². The Morgan fingerprint density at radius 3 is 2.05 bits per heavy atom. The smallest absolute Gasteiger partial charge is 0.335 e. The van der Waals surface area contributed by atoms with Crippen LogP contribution in [0.3, 0.4) is 0 Å². The molecule has 24 atom stereocenters. The summed E-state index contributed by atoms with van der Waals surface area (Å²) in [6.07, 6.45) is -14.5. The third-order valence-electron chi connectivity index (χ3n) is 19.1. The molecule has 0 amide bonds. The van der Waals surface area contributed by atoms with Crippen LogP contribution >= 0.6 is 0 Å². The van der Waals surface area contributed by atoms with Gasteiger partial charge >= 0.3 is 5.97 Å². The number of allylic oxidation sites excluding steroid dienone is 2. The summed E-state index contributed by atoms with van der Waals surface area (Å²) >= 11 is 0. The highest BCUT2D eigenvalue weighted by atomic mass is 16.8. The molecule has 0 bridgehead atoms. The van der Waals surface area contributed by atoms with E-state index in [0.29, 0.717) is 18.8 Å². The summed E-state index contributed by atoms with van der Waals surface area (Å²) in [4.78, 5) is 12.4. The van der Waals surface area contributed by atoms with Crippen LogP contribution < -0.4 is 0 Å². The average molecular weight is 913 g/mol. The van der Waals surface area contributed by atoms with Gasteiger partial charge in [-0.25, -0.2) is 4.79 Å². The molecule has 17 nitrogen and oxygen atoms in total. The van der Waals surface area contributed by atoms with Gasteiger partial charge < -0.3 is 79.5 Å². The average Bonchev–Trinajstić information content (AvgIpc) is 3.22. The second-order valence-corrected chi connectivity index (χ2v) is 23.2. The summed E-state index contributed by atoms with van der Waals surface area (Å²) < 4.78 is 36.1. The number of aliphatic hydroxyl groups excluding tert-OH is 9. The van der Waals surface area contributed by atoms with E-state index in [-0.39, 0.29) is 51.6 Å². The molecule has 64 heavy (non-hydrogen) atoms. The normalized spacial score (nSPS) is 56.1. The van der Waals surface area contributed by atoms with Gasteiger partial charge in [-0.05, 0) is 104 Å². The van der Waals surface area contributed by atoms with Gasteiger partial charge in [0.05, 0.1) is 31.5 Å². The Morgan fingerprint density at radius 1 is 0.703 bits per heavy atom. The third kappa shape index (κ3) is 7.49. The number of hydrogen-bond donors (Lipinski definition) is 10. The fourth-order valence-corrected chi connectivity index (χ4v) is 14.8. The molecule has 366 valence electrons. The lowest BCUT2D eigenvalue weighted by molar-refractivity contribution is -0.387. The van der Waals surface area contributed by atoms with Crippen LogP contribution in [0.25, 0.3) is 0 Å². The molecule has 8 rings (SSSR count). The summed E-state index contributed by atoms with van der Waals surface area (Å²) in [5.74, 6) is -1.05. The molecule has 4 saturated carbocycles. The SMILES string of the molecule is C[C@@H]1O[C@@H](O[C@H]2[C@H](O[C@H]3[C@H](O[C@H]4CC[C@@]5(C)[C@@H](CC[C@]6(C)[C@H]5CC=C5[C@@H]7CC(C)(C)C[C@@H](O)[C@]7(C)CC[C@]56C)[C@@]4(C)CO)O[C@H](C(=O)O)[C@@H](O)[C@@H]3O)OC[C@H](O)[C@@H]2O)[C@H](O)[C@H](O)[C@H]1O. The van der Waals surface area contributed by atoms with Gasteiger partial charge in [-0.15, -0.1) is 0 Å². The molecule has 17 heteroatoms. The zero-order chi connectivity index (χ0) is 46.9. The number of rotatable bonds is 8. The monoisotopic (exact) mass is 913 g/mol. The minimum absolute atomic E-state index is 0.0286. The van der Waals surface area contributed by atoms with Crippen LogP contribution in [0.5, 0.6) is 0 Å². The topological polar surface area (TPSA) is 275 Å². The largest absolute Gasteiger partial charge is 0.479 e. The van der Waals surface area contributed by atoms with Crippen LogP contribution in [0.2, 0.25) is 0 Å². The van der Waals surface area contributed by atoms with Gasteiger partial charge in [0, 0.05) is 10.8 Å². The van der Waals surface area contributed by atoms with Crippen molar-refractivity contribution in [2.24, 2.45) is 50.2 Å². The molecule has 0 aromatic rings. The zero-order valence-electron chi connectivity index (χ0n) is 38.7. The van der Waals surface area contributed by atoms with Crippen molar-refractivity contribution in [1.29, 1.82) is 0 Å². The van der Waals surface area contributed by atoms with Crippen LogP contribution in [0, 0.1) is 50.2 Å². The van der Waals surface area contributed by atoms with E-state index in [1.54, 1.807) is 0 Å². The first-order valence-corrected chi connectivity index (χ1v) is 23.7. The van der Waals surface area contributed by atoms with E-state index in [0.717, 1.165) is 44.9 Å². The Balaban J connectivity index is 1.06. The molecule has 7 fully saturated rings. The second-order valence-electron chi connectivity index (χ2n) is 23.2. The molecular weight excluding hydrogens is 837 g/mol. The first kappa shape index (κ1) is 49.0. The van der Waals surface area contributed by atoms with E-state index >= 15 is 0 Å². The number of aliphatic carboxylic acids is 1. The minimum Gasteiger partial charge on any atom is -0.479 e. The van der Waals surface area contributed by atoms with Crippen molar-refractivity contribution in [1.82, 2.24) is 0 Å². The van der Waals surface area contributed by atoms with Crippen molar-refractivity contribution in [3.05, 3.63) is 11.6 Å². The molecule has 3 heterocycles. The second kappa shape index (κ2) is 16.9. The number of aliphatic hydroxyl groups is 9. The van der Waals surface area contributed by atoms with Gasteiger partial charge in [0.15, 0.2) is 25.0 Å². The van der Waals surface area contributed by atoms with E-state index in [4.69, 9.17) is 28.4 Å². The van der Waals surface area contributed by atoms with Crippen molar-refractivity contribution in [2.75, 3.05) is 13.2 Å². The van der Waals surface area contributed by atoms with Gasteiger partial charge in [-0.3, -0.25) is 0 Å². The summed E-state index contributed by atoms with van der Waals surface area (Å²) in [6.45, 7) is 16.8. The Morgan fingerprint density at radius 2 is 1.38 bits per heavy atom. The van der Waals surface area contributed by atoms with Crippen molar-refractivity contribution in [2.45, 2.75) is 211 Å². The maximum absolute atomic E-state index is 12.4. The maximum atomic E-state index is 12.4. The molecule has 0 aromatic heterocycles. The van der Waals surface area contributed by atoms with Crippen LogP contribution in [-0.4, -0.2) is 168 Å². The van der Waals surface area contributed by atoms with E-state index in [1.807, 2.05) is 6.92 Å². The third-order valence-corrected chi connectivity index (χ3v) is 19.1. The number of carboxylic acid groups (broad SMARTS) is 1. The van der Waals surface area contributed by atoms with Crippen LogP contribution in [-0.2, 0) is 33.2 Å². The summed E-state index contributed by atoms with van der Waals surface area (Å²) in [7, 11) is 0. The van der Waals surface area contributed by atoms with Gasteiger partial charge in [0.1, 0.15) is 54.9 Å². The first-order valence-electron chi connectivity index (χ1n) is 23.7. The molecule has 3 saturated heterocycles. The lowest BCUT2D eigenvalue weighted by atomic mass is 9.33. The number of carbonyl (C=O) groups is 1. The number of ether oxygens (including phenoxy) is 6. The minimum atomic E-state index is -2.01. The molecule has 0 unspecified atom stereocenters. The van der Waals surface area contributed by atoms with Crippen LogP contribution in [0.1, 0.15) is 113 Å². The summed E-state index contributed by atoms with van der Waals surface area (Å²) in [5, 5.41) is 109. The van der Waals surface area contributed by atoms with Crippen molar-refractivity contribution >= 4 is 5.97 Å². The molecule has 0 radical (unpaired) electrons. The Kier molecular flexibility index (Phi) is 13.0. The number of fused-ring (bicyclic) bond motifs is 7. The summed E-state index contributed by atoms with van der Waals surface area (Å²) in [5.41, 5.74) is 0.0929. The van der Waals surface area contributed by atoms with E-state index < -0.39 is 110 Å². The van der Waals surface area contributed by atoms with Crippen LogP contribution in [0.4, 0.5) is 0 Å². The fraction of sp³-hybridized carbons (Fsp3) is 0.936. The van der Waals surface area contributed by atoms with Gasteiger partial charge in [0.25, 0.3) is 0 Å². The lowest BCUT2D eigenvalue weighted by Crippen LogP contribution is -2.68. The van der Waals surface area contributed by atoms with Gasteiger partial charge in [-0.2, -0.15) is 0 Å². The van der Waals surface area contributed by atoms with Gasteiger partial charge in [-0.1, -0.05) is 60.1 Å². The standard InChI is InChI=1S/C47H76O17/c1-21-29(51)31(53)34(56)39(60-21)63-36-30(52)24(49)19-59-40(36)64-37-33(55)32(54)35(38(57)58)62-41(37)61-28-12-13-44(5)25(45(28,6)20-48)11-14-47(8)26(44)10-9-22-23-17-42(2,3)18-27(50)43(23,4)15-16-46(22,47)7/h9,21,23-37,39-41,48-56H,10-20H2,1-8H3,(H,57,58)/t21-,23-,24-,25+,26-,27+,28-,29-,30-,31+,32-,33-,34+,35-,36+,37+,39-,40-,41+,43+,44-,45+,46+,47+/m0/s1. The Labute approximate surface area is 376 Å². The lowest BCUT2D eigenvalue weighted by Gasteiger charge is -2.72. The van der Waals surface area contributed by atoms with E-state index in [2.05, 4.69) is 47.6 Å². The van der Waals surface area contributed by atoms with Crippen LogP contribution in [0.15, 0.2) is 11.6 Å². The predicted octanol–water partition coefficient (Wildman–Crippen LogP) is 1.34. The highest BCUT2D eigenvalue weighted by Gasteiger charge is 2.70. The maximum Gasteiger partial charge on any atom is 0.335 e.